The third kappa shape index (κ3) is 2.86. The maximum Gasteiger partial charge on any atom is 0.270 e. The highest BCUT2D eigenvalue weighted by molar-refractivity contribution is 7.45. The van der Waals surface area contributed by atoms with Gasteiger partial charge in [-0.1, -0.05) is 12.1 Å². The summed E-state index contributed by atoms with van der Waals surface area (Å²) in [6.45, 7) is 0. The summed E-state index contributed by atoms with van der Waals surface area (Å²) in [6.07, 6.45) is 11.4. The number of hydrogen-bond acceptors (Lipinski definition) is 3. The highest BCUT2D eigenvalue weighted by atomic mass is 31.1. The zero-order chi connectivity index (χ0) is 21.1. The molecule has 0 unspecified atom stereocenters. The fourth-order valence-electron chi connectivity index (χ4n) is 5.65. The normalized spacial score (nSPS) is 15.8. The lowest BCUT2D eigenvalue weighted by atomic mass is 9.84. The van der Waals surface area contributed by atoms with Gasteiger partial charge >= 0.3 is 0 Å². The molecule has 2 aromatic carbocycles. The third-order valence-electron chi connectivity index (χ3n) is 7.18. The molecule has 0 atom stereocenters. The van der Waals surface area contributed by atoms with Gasteiger partial charge in [0.15, 0.2) is 0 Å². The minimum absolute atomic E-state index is 0.873. The van der Waals surface area contributed by atoms with E-state index in [0.717, 1.165) is 53.3 Å². The predicted octanol–water partition coefficient (Wildman–Crippen LogP) is 7.91. The largest absolute Gasteiger partial charge is 0.415 e. The van der Waals surface area contributed by atoms with Crippen molar-refractivity contribution in [1.29, 1.82) is 0 Å². The van der Waals surface area contributed by atoms with E-state index >= 15 is 0 Å². The Morgan fingerprint density at radius 3 is 2.00 bits per heavy atom. The van der Waals surface area contributed by atoms with E-state index in [1.54, 1.807) is 0 Å². The van der Waals surface area contributed by atoms with Crippen molar-refractivity contribution in [3.05, 3.63) is 70.9 Å². The Kier molecular flexibility index (Phi) is 4.23. The van der Waals surface area contributed by atoms with Gasteiger partial charge in [0.05, 0.1) is 0 Å². The molecule has 0 amide bonds. The van der Waals surface area contributed by atoms with E-state index in [1.165, 1.54) is 58.7 Å². The van der Waals surface area contributed by atoms with Crippen LogP contribution in [0.1, 0.15) is 47.9 Å². The molecule has 2 aliphatic carbocycles. The molecule has 0 saturated carbocycles. The number of nitrogens with one attached hydrogen (secondary N) is 1. The molecule has 2 aliphatic rings. The third-order valence-corrected chi connectivity index (χ3v) is 8.54. The number of hydrogen-bond donors (Lipinski definition) is 1. The molecule has 0 aliphatic heterocycles. The summed E-state index contributed by atoms with van der Waals surface area (Å²) in [5.74, 6) is 0. The fourth-order valence-corrected chi connectivity index (χ4v) is 6.99. The summed E-state index contributed by atoms with van der Waals surface area (Å²) in [6, 6.07) is 15.1. The van der Waals surface area contributed by atoms with Crippen LogP contribution in [0.25, 0.3) is 38.4 Å². The smallest absolute Gasteiger partial charge is 0.270 e. The fraction of sp³-hybridized carbons (Fsp3) is 0.296. The van der Waals surface area contributed by atoms with Gasteiger partial charge in [0.2, 0.25) is 0 Å². The van der Waals surface area contributed by atoms with Crippen LogP contribution in [0.5, 0.6) is 0 Å². The molecule has 3 aromatic heterocycles. The van der Waals surface area contributed by atoms with Crippen LogP contribution in [0.4, 0.5) is 0 Å². The van der Waals surface area contributed by atoms with Crippen molar-refractivity contribution < 1.29 is 8.39 Å². The molecule has 4 nitrogen and oxygen atoms in total. The first-order chi connectivity index (χ1) is 15.8. The van der Waals surface area contributed by atoms with Gasteiger partial charge in [-0.3, -0.25) is 0 Å². The predicted molar refractivity (Wildman–Crippen MR) is 131 cm³/mol. The summed E-state index contributed by atoms with van der Waals surface area (Å²) >= 11 is 0. The number of fused-ring (bicyclic) bond motifs is 8. The van der Waals surface area contributed by atoms with Crippen molar-refractivity contribution in [2.45, 2.75) is 51.4 Å². The second-order valence-corrected chi connectivity index (χ2v) is 10.5. The Hall–Kier alpha value is -2.97. The molecule has 1 N–H and O–H groups in total. The SMILES string of the molecule is c1cnc2[nH]c(-p3oc4ccc5c(c4c4c6c(ccc4o3)CCCC6)CCCC5)cc2c1. The average Bonchev–Trinajstić information content (AvgIpc) is 3.19. The first kappa shape index (κ1) is 18.6. The monoisotopic (exact) mass is 440 g/mol. The molecule has 160 valence electrons. The lowest BCUT2D eigenvalue weighted by Crippen LogP contribution is -2.05. The van der Waals surface area contributed by atoms with E-state index in [1.807, 2.05) is 12.3 Å². The number of aryl methyl sites for hydroxylation is 4. The highest BCUT2D eigenvalue weighted by Crippen LogP contribution is 2.46. The molecule has 7 rings (SSSR count). The number of H-pyrrole nitrogens is 1. The molecule has 0 fully saturated rings. The zero-order valence-electron chi connectivity index (χ0n) is 18.0. The van der Waals surface area contributed by atoms with Gasteiger partial charge < -0.3 is 13.4 Å². The number of pyridine rings is 1. The molecule has 0 radical (unpaired) electrons. The molecular formula is C27H25N2O2P. The van der Waals surface area contributed by atoms with Gasteiger partial charge in [-0.2, -0.15) is 0 Å². The van der Waals surface area contributed by atoms with Crippen LogP contribution in [0.2, 0.25) is 0 Å². The van der Waals surface area contributed by atoms with Crippen LogP contribution < -0.4 is 0 Å². The zero-order valence-corrected chi connectivity index (χ0v) is 18.9. The minimum Gasteiger partial charge on any atom is -0.415 e. The number of rotatable bonds is 1. The summed E-state index contributed by atoms with van der Waals surface area (Å²) in [5, 5.41) is 3.68. The Balaban J connectivity index is 1.63. The van der Waals surface area contributed by atoms with Gasteiger partial charge in [0.1, 0.15) is 22.2 Å². The molecule has 0 saturated heterocycles. The summed E-state index contributed by atoms with van der Waals surface area (Å²) < 4.78 is 13.4. The lowest BCUT2D eigenvalue weighted by molar-refractivity contribution is 0.646. The first-order valence-electron chi connectivity index (χ1n) is 11.7. The van der Waals surface area contributed by atoms with E-state index in [9.17, 15) is 0 Å². The van der Waals surface area contributed by atoms with Crippen LogP contribution in [0, 0.1) is 0 Å². The summed E-state index contributed by atoms with van der Waals surface area (Å²) in [5.41, 5.74) is 9.71. The Bertz CT molecular complexity index is 1430. The van der Waals surface area contributed by atoms with Crippen molar-refractivity contribution in [3.63, 3.8) is 0 Å². The second-order valence-electron chi connectivity index (χ2n) is 9.10. The molecule has 3 heterocycles. The second kappa shape index (κ2) is 7.28. The lowest BCUT2D eigenvalue weighted by Gasteiger charge is -2.20. The quantitative estimate of drug-likeness (QED) is 0.288. The Labute approximate surface area is 187 Å². The van der Waals surface area contributed by atoms with Gasteiger partial charge in [-0.25, -0.2) is 4.98 Å². The maximum atomic E-state index is 6.70. The van der Waals surface area contributed by atoms with Gasteiger partial charge in [-0.15, -0.1) is 0 Å². The van der Waals surface area contributed by atoms with Gasteiger partial charge in [-0.05, 0) is 104 Å². The Morgan fingerprint density at radius 2 is 1.38 bits per heavy atom. The van der Waals surface area contributed by atoms with Gasteiger partial charge in [0.25, 0.3) is 8.01 Å². The maximum absolute atomic E-state index is 6.70. The minimum atomic E-state index is -1.34. The number of aromatic nitrogens is 2. The van der Waals surface area contributed by atoms with Crippen LogP contribution in [0.3, 0.4) is 0 Å². The number of benzene rings is 2. The van der Waals surface area contributed by atoms with Crippen LogP contribution >= 0.6 is 8.01 Å². The standard InChI is InChI=1S/C27H25N2O2P/c1-3-9-20-17(6-1)11-13-22-25(20)26-21-10-4-2-7-18(21)12-14-23(26)31-32(30-22)24-16-19-8-5-15-28-27(19)29-24/h5,8,11-16H,1-4,6-7,9-10H2,(H,28,29). The first-order valence-corrected chi connectivity index (χ1v) is 12.9. The van der Waals surface area contributed by atoms with Crippen LogP contribution in [-0.2, 0) is 25.7 Å². The number of nitrogens with zero attached hydrogens (tertiary/aromatic N) is 1. The van der Waals surface area contributed by atoms with Gasteiger partial charge in [0, 0.05) is 22.4 Å². The summed E-state index contributed by atoms with van der Waals surface area (Å²) in [7, 11) is -1.34. The molecule has 0 spiro atoms. The molecular weight excluding hydrogens is 415 g/mol. The van der Waals surface area contributed by atoms with Crippen molar-refractivity contribution in [2.24, 2.45) is 0 Å². The molecule has 32 heavy (non-hydrogen) atoms. The average molecular weight is 440 g/mol. The molecule has 5 heteroatoms. The van der Waals surface area contributed by atoms with E-state index in [-0.39, 0.29) is 0 Å². The molecule has 0 bridgehead atoms. The van der Waals surface area contributed by atoms with Crippen LogP contribution in [0.15, 0.2) is 57.1 Å². The van der Waals surface area contributed by atoms with E-state index in [0.29, 0.717) is 0 Å². The van der Waals surface area contributed by atoms with E-state index < -0.39 is 8.01 Å². The highest BCUT2D eigenvalue weighted by Gasteiger charge is 2.22. The van der Waals surface area contributed by atoms with E-state index in [2.05, 4.69) is 46.4 Å². The Morgan fingerprint density at radius 1 is 0.750 bits per heavy atom. The summed E-state index contributed by atoms with van der Waals surface area (Å²) in [4.78, 5) is 7.91. The topological polar surface area (TPSA) is 55.0 Å². The van der Waals surface area contributed by atoms with Crippen LogP contribution in [-0.4, -0.2) is 9.97 Å². The van der Waals surface area contributed by atoms with E-state index in [4.69, 9.17) is 8.39 Å². The van der Waals surface area contributed by atoms with Crippen molar-refractivity contribution in [3.8, 4) is 5.44 Å². The van der Waals surface area contributed by atoms with Crippen molar-refractivity contribution in [1.82, 2.24) is 9.97 Å². The molecule has 5 aromatic rings. The van der Waals surface area contributed by atoms with Crippen molar-refractivity contribution in [2.75, 3.05) is 0 Å². The number of aromatic amines is 1. The van der Waals surface area contributed by atoms with Crippen molar-refractivity contribution >= 4 is 41.0 Å².